The zero-order valence-corrected chi connectivity index (χ0v) is 9.79. The molecule has 1 aliphatic heterocycles. The van der Waals surface area contributed by atoms with Crippen molar-refractivity contribution in [3.05, 3.63) is 0 Å². The van der Waals surface area contributed by atoms with Crippen molar-refractivity contribution >= 4 is 0 Å². The predicted molar refractivity (Wildman–Crippen MR) is 59.9 cm³/mol. The van der Waals surface area contributed by atoms with Gasteiger partial charge in [0.2, 0.25) is 0 Å². The van der Waals surface area contributed by atoms with Crippen molar-refractivity contribution in [1.29, 1.82) is 0 Å². The van der Waals surface area contributed by atoms with Crippen molar-refractivity contribution in [2.24, 2.45) is 17.8 Å². The van der Waals surface area contributed by atoms with Crippen LogP contribution in [-0.4, -0.2) is 12.2 Å². The minimum atomic E-state index is 0.274. The van der Waals surface area contributed by atoms with Crippen molar-refractivity contribution in [2.45, 2.75) is 52.7 Å². The van der Waals surface area contributed by atoms with Crippen molar-refractivity contribution in [3.8, 4) is 12.3 Å². The fourth-order valence-electron chi connectivity index (χ4n) is 2.45. The lowest BCUT2D eigenvalue weighted by atomic mass is 9.75. The highest BCUT2D eigenvalue weighted by molar-refractivity contribution is 4.94. The lowest BCUT2D eigenvalue weighted by Crippen LogP contribution is -2.44. The summed E-state index contributed by atoms with van der Waals surface area (Å²) in [5.41, 5.74) is 0. The van der Waals surface area contributed by atoms with Gasteiger partial charge in [0.25, 0.3) is 0 Å². The Morgan fingerprint density at radius 3 is 2.14 bits per heavy atom. The summed E-state index contributed by atoms with van der Waals surface area (Å²) < 4.78 is 6.03. The van der Waals surface area contributed by atoms with Crippen molar-refractivity contribution in [2.75, 3.05) is 0 Å². The smallest absolute Gasteiger partial charge is 0.0716 e. The molecule has 0 saturated carbocycles. The van der Waals surface area contributed by atoms with Gasteiger partial charge < -0.3 is 4.74 Å². The van der Waals surface area contributed by atoms with E-state index < -0.39 is 0 Å². The molecule has 1 saturated heterocycles. The van der Waals surface area contributed by atoms with E-state index in [4.69, 9.17) is 11.2 Å². The molecule has 0 aromatic heterocycles. The van der Waals surface area contributed by atoms with E-state index in [1.807, 2.05) is 0 Å². The molecule has 0 amide bonds. The van der Waals surface area contributed by atoms with Gasteiger partial charge in [-0.1, -0.05) is 27.7 Å². The Hall–Kier alpha value is -0.480. The Kier molecular flexibility index (Phi) is 4.01. The maximum absolute atomic E-state index is 6.03. The fourth-order valence-corrected chi connectivity index (χ4v) is 2.45. The van der Waals surface area contributed by atoms with E-state index in [1.165, 1.54) is 0 Å². The molecule has 1 unspecified atom stereocenters. The lowest BCUT2D eigenvalue weighted by Gasteiger charge is -2.43. The molecule has 5 atom stereocenters. The third kappa shape index (κ3) is 2.12. The van der Waals surface area contributed by atoms with E-state index in [1.54, 1.807) is 0 Å². The van der Waals surface area contributed by atoms with Crippen LogP contribution in [0.25, 0.3) is 0 Å². The van der Waals surface area contributed by atoms with E-state index >= 15 is 0 Å². The van der Waals surface area contributed by atoms with Gasteiger partial charge in [-0.15, -0.1) is 12.3 Å². The average molecular weight is 194 g/mol. The SMILES string of the molecule is C#CCC1O[C@H](CC)[C@@H](C)[C@H](C)[C@H]1C. The van der Waals surface area contributed by atoms with Crippen LogP contribution in [0.4, 0.5) is 0 Å². The summed E-state index contributed by atoms with van der Waals surface area (Å²) in [5.74, 6) is 4.68. The Labute approximate surface area is 88.2 Å². The maximum Gasteiger partial charge on any atom is 0.0716 e. The molecule has 0 radical (unpaired) electrons. The van der Waals surface area contributed by atoms with Crippen LogP contribution < -0.4 is 0 Å². The summed E-state index contributed by atoms with van der Waals surface area (Å²) in [7, 11) is 0. The lowest BCUT2D eigenvalue weighted by molar-refractivity contribution is -0.131. The molecule has 0 aromatic rings. The summed E-state index contributed by atoms with van der Waals surface area (Å²) in [5, 5.41) is 0. The summed E-state index contributed by atoms with van der Waals surface area (Å²) in [4.78, 5) is 0. The summed E-state index contributed by atoms with van der Waals surface area (Å²) in [6, 6.07) is 0. The maximum atomic E-state index is 6.03. The van der Waals surface area contributed by atoms with Crippen molar-refractivity contribution < 1.29 is 4.74 Å². The first-order valence-corrected chi connectivity index (χ1v) is 5.70. The van der Waals surface area contributed by atoms with Crippen LogP contribution in [0.3, 0.4) is 0 Å². The summed E-state index contributed by atoms with van der Waals surface area (Å²) in [6.45, 7) is 9.07. The van der Waals surface area contributed by atoms with Crippen LogP contribution in [0.1, 0.15) is 40.5 Å². The normalized spacial score (nSPS) is 43.2. The van der Waals surface area contributed by atoms with Crippen LogP contribution in [0.2, 0.25) is 0 Å². The highest BCUT2D eigenvalue weighted by Gasteiger charge is 2.37. The molecule has 80 valence electrons. The van der Waals surface area contributed by atoms with Gasteiger partial charge in [-0.2, -0.15) is 0 Å². The number of terminal acetylenes is 1. The molecule has 0 N–H and O–H groups in total. The molecule has 1 aliphatic rings. The standard InChI is InChI=1S/C13H22O/c1-6-8-13-11(5)9(3)10(4)12(7-2)14-13/h1,9-13H,7-8H2,2-5H3/t9-,10-,11+,12+,13?/m0/s1. The minimum Gasteiger partial charge on any atom is -0.373 e. The van der Waals surface area contributed by atoms with Gasteiger partial charge in [-0.05, 0) is 24.2 Å². The predicted octanol–water partition coefficient (Wildman–Crippen LogP) is 3.10. The molecule has 0 aliphatic carbocycles. The Morgan fingerprint density at radius 1 is 1.07 bits per heavy atom. The zero-order chi connectivity index (χ0) is 10.7. The molecule has 0 aromatic carbocycles. The molecule has 1 nitrogen and oxygen atoms in total. The first-order valence-electron chi connectivity index (χ1n) is 5.70. The van der Waals surface area contributed by atoms with Gasteiger partial charge >= 0.3 is 0 Å². The van der Waals surface area contributed by atoms with Crippen LogP contribution in [0, 0.1) is 30.1 Å². The molecule has 1 heteroatoms. The molecular formula is C13H22O. The third-order valence-corrected chi connectivity index (χ3v) is 3.90. The van der Waals surface area contributed by atoms with Gasteiger partial charge in [-0.3, -0.25) is 0 Å². The Balaban J connectivity index is 2.69. The van der Waals surface area contributed by atoms with E-state index in [0.717, 1.165) is 12.8 Å². The number of rotatable bonds is 2. The second kappa shape index (κ2) is 4.84. The van der Waals surface area contributed by atoms with E-state index in [0.29, 0.717) is 23.9 Å². The fraction of sp³-hybridized carbons (Fsp3) is 0.846. The second-order valence-electron chi connectivity index (χ2n) is 4.61. The molecule has 0 spiro atoms. The van der Waals surface area contributed by atoms with E-state index in [-0.39, 0.29) is 6.10 Å². The van der Waals surface area contributed by atoms with Gasteiger partial charge in [0, 0.05) is 6.42 Å². The molecule has 1 heterocycles. The highest BCUT2D eigenvalue weighted by Crippen LogP contribution is 2.36. The Bertz CT molecular complexity index is 214. The number of hydrogen-bond donors (Lipinski definition) is 0. The Morgan fingerprint density at radius 2 is 1.64 bits per heavy atom. The number of ether oxygens (including phenoxy) is 1. The van der Waals surface area contributed by atoms with Crippen molar-refractivity contribution in [1.82, 2.24) is 0 Å². The van der Waals surface area contributed by atoms with Gasteiger partial charge in [0.05, 0.1) is 12.2 Å². The molecular weight excluding hydrogens is 172 g/mol. The summed E-state index contributed by atoms with van der Waals surface area (Å²) >= 11 is 0. The van der Waals surface area contributed by atoms with E-state index in [9.17, 15) is 0 Å². The van der Waals surface area contributed by atoms with Crippen molar-refractivity contribution in [3.63, 3.8) is 0 Å². The van der Waals surface area contributed by atoms with Gasteiger partial charge in [-0.25, -0.2) is 0 Å². The van der Waals surface area contributed by atoms with Crippen LogP contribution in [-0.2, 0) is 4.74 Å². The topological polar surface area (TPSA) is 9.23 Å². The monoisotopic (exact) mass is 194 g/mol. The molecule has 14 heavy (non-hydrogen) atoms. The van der Waals surface area contributed by atoms with E-state index in [2.05, 4.69) is 33.6 Å². The number of hydrogen-bond acceptors (Lipinski definition) is 1. The molecule has 0 bridgehead atoms. The first kappa shape index (κ1) is 11.6. The van der Waals surface area contributed by atoms with Crippen LogP contribution >= 0.6 is 0 Å². The quantitative estimate of drug-likeness (QED) is 0.614. The van der Waals surface area contributed by atoms with Crippen LogP contribution in [0.15, 0.2) is 0 Å². The highest BCUT2D eigenvalue weighted by atomic mass is 16.5. The summed E-state index contributed by atoms with van der Waals surface area (Å²) in [6.07, 6.45) is 7.89. The van der Waals surface area contributed by atoms with Crippen LogP contribution in [0.5, 0.6) is 0 Å². The molecule has 1 fully saturated rings. The average Bonchev–Trinajstić information content (AvgIpc) is 2.19. The zero-order valence-electron chi connectivity index (χ0n) is 9.79. The minimum absolute atomic E-state index is 0.274. The van der Waals surface area contributed by atoms with Gasteiger partial charge in [0.1, 0.15) is 0 Å². The molecule has 1 rings (SSSR count). The third-order valence-electron chi connectivity index (χ3n) is 3.90. The van der Waals surface area contributed by atoms with Gasteiger partial charge in [0.15, 0.2) is 0 Å². The second-order valence-corrected chi connectivity index (χ2v) is 4.61. The largest absolute Gasteiger partial charge is 0.373 e. The first-order chi connectivity index (χ1) is 6.61.